The monoisotopic (exact) mass is 225 g/mol. The Balaban J connectivity index is 2.86. The third-order valence-corrected chi connectivity index (χ3v) is 3.29. The van der Waals surface area contributed by atoms with Crippen LogP contribution in [0.1, 0.15) is 38.2 Å². The summed E-state index contributed by atoms with van der Waals surface area (Å²) in [4.78, 5) is 0. The fraction of sp³-hybridized carbons (Fsp3) is 0.538. The molecule has 0 aromatic heterocycles. The predicted octanol–water partition coefficient (Wildman–Crippen LogP) is 3.83. The smallest absolute Gasteiger partial charge is 0.0406 e. The average Bonchev–Trinajstić information content (AvgIpc) is 2.27. The zero-order valence-electron chi connectivity index (χ0n) is 9.76. The molecular weight excluding hydrogens is 206 g/mol. The molecule has 0 bridgehead atoms. The van der Waals surface area contributed by atoms with Gasteiger partial charge in [0.15, 0.2) is 0 Å². The minimum atomic E-state index is 0.552. The number of rotatable bonds is 5. The molecule has 1 aromatic rings. The van der Waals surface area contributed by atoms with Gasteiger partial charge in [0.05, 0.1) is 0 Å². The molecule has 0 aliphatic carbocycles. The summed E-state index contributed by atoms with van der Waals surface area (Å²) in [5.41, 5.74) is 1.38. The third kappa shape index (κ3) is 3.22. The van der Waals surface area contributed by atoms with Gasteiger partial charge >= 0.3 is 0 Å². The normalized spacial score (nSPS) is 14.9. The highest BCUT2D eigenvalue weighted by molar-refractivity contribution is 6.30. The molecule has 0 amide bonds. The van der Waals surface area contributed by atoms with Gasteiger partial charge in [0, 0.05) is 11.1 Å². The Hall–Kier alpha value is -0.530. The SMILES string of the molecule is CCC(NC)C(CC)c1ccc(Cl)cc1. The van der Waals surface area contributed by atoms with Crippen LogP contribution in [0.5, 0.6) is 0 Å². The fourth-order valence-corrected chi connectivity index (χ4v) is 2.28. The van der Waals surface area contributed by atoms with Gasteiger partial charge in [0.1, 0.15) is 0 Å². The summed E-state index contributed by atoms with van der Waals surface area (Å²) in [6.45, 7) is 4.46. The van der Waals surface area contributed by atoms with Gasteiger partial charge in [0.25, 0.3) is 0 Å². The molecule has 1 rings (SSSR count). The zero-order chi connectivity index (χ0) is 11.3. The highest BCUT2D eigenvalue weighted by Gasteiger charge is 2.18. The van der Waals surface area contributed by atoms with Crippen molar-refractivity contribution < 1.29 is 0 Å². The van der Waals surface area contributed by atoms with E-state index in [0.29, 0.717) is 12.0 Å². The van der Waals surface area contributed by atoms with Gasteiger partial charge in [-0.15, -0.1) is 0 Å². The molecule has 15 heavy (non-hydrogen) atoms. The molecule has 2 unspecified atom stereocenters. The van der Waals surface area contributed by atoms with E-state index in [4.69, 9.17) is 11.6 Å². The van der Waals surface area contributed by atoms with Gasteiger partial charge in [-0.2, -0.15) is 0 Å². The van der Waals surface area contributed by atoms with Crippen molar-refractivity contribution in [2.24, 2.45) is 0 Å². The van der Waals surface area contributed by atoms with Crippen LogP contribution >= 0.6 is 11.6 Å². The van der Waals surface area contributed by atoms with E-state index in [-0.39, 0.29) is 0 Å². The molecule has 2 atom stereocenters. The number of likely N-dealkylation sites (N-methyl/N-ethyl adjacent to an activating group) is 1. The maximum atomic E-state index is 5.89. The molecule has 0 spiro atoms. The van der Waals surface area contributed by atoms with Crippen molar-refractivity contribution >= 4 is 11.6 Å². The zero-order valence-corrected chi connectivity index (χ0v) is 10.5. The van der Waals surface area contributed by atoms with Crippen LogP contribution in [0.2, 0.25) is 5.02 Å². The Kier molecular flexibility index (Phi) is 5.13. The molecule has 2 heteroatoms. The van der Waals surface area contributed by atoms with Crippen molar-refractivity contribution in [2.75, 3.05) is 7.05 Å². The molecule has 0 heterocycles. The van der Waals surface area contributed by atoms with E-state index in [0.717, 1.165) is 17.9 Å². The van der Waals surface area contributed by atoms with Crippen LogP contribution < -0.4 is 5.32 Å². The molecule has 0 fully saturated rings. The van der Waals surface area contributed by atoms with E-state index in [2.05, 4.69) is 31.3 Å². The number of benzene rings is 1. The van der Waals surface area contributed by atoms with Gasteiger partial charge in [-0.05, 0) is 43.5 Å². The van der Waals surface area contributed by atoms with Crippen LogP contribution in [-0.4, -0.2) is 13.1 Å². The van der Waals surface area contributed by atoms with Crippen LogP contribution in [0.4, 0.5) is 0 Å². The molecule has 0 saturated heterocycles. The second-order valence-electron chi connectivity index (χ2n) is 3.87. The highest BCUT2D eigenvalue weighted by Crippen LogP contribution is 2.26. The van der Waals surface area contributed by atoms with Crippen LogP contribution in [-0.2, 0) is 0 Å². The summed E-state index contributed by atoms with van der Waals surface area (Å²) in [7, 11) is 2.03. The summed E-state index contributed by atoms with van der Waals surface area (Å²) in [6, 6.07) is 8.77. The second kappa shape index (κ2) is 6.14. The number of hydrogen-bond donors (Lipinski definition) is 1. The van der Waals surface area contributed by atoms with Crippen molar-refractivity contribution in [3.05, 3.63) is 34.9 Å². The number of nitrogens with one attached hydrogen (secondary N) is 1. The van der Waals surface area contributed by atoms with Crippen molar-refractivity contribution in [1.29, 1.82) is 0 Å². The van der Waals surface area contributed by atoms with Gasteiger partial charge in [-0.3, -0.25) is 0 Å². The minimum absolute atomic E-state index is 0.552. The Morgan fingerprint density at radius 1 is 1.13 bits per heavy atom. The van der Waals surface area contributed by atoms with E-state index in [1.165, 1.54) is 5.56 Å². The van der Waals surface area contributed by atoms with Gasteiger partial charge < -0.3 is 5.32 Å². The molecule has 0 saturated carbocycles. The molecule has 0 aliphatic heterocycles. The van der Waals surface area contributed by atoms with Gasteiger partial charge in [-0.1, -0.05) is 37.6 Å². The molecule has 1 N–H and O–H groups in total. The highest BCUT2D eigenvalue weighted by atomic mass is 35.5. The molecule has 1 nitrogen and oxygen atoms in total. The van der Waals surface area contributed by atoms with Crippen molar-refractivity contribution in [3.63, 3.8) is 0 Å². The second-order valence-corrected chi connectivity index (χ2v) is 4.31. The summed E-state index contributed by atoms with van der Waals surface area (Å²) >= 11 is 5.89. The predicted molar refractivity (Wildman–Crippen MR) is 67.6 cm³/mol. The molecule has 1 aromatic carbocycles. The minimum Gasteiger partial charge on any atom is -0.316 e. The summed E-state index contributed by atoms with van der Waals surface area (Å²) in [6.07, 6.45) is 2.30. The standard InChI is InChI=1S/C13H20ClN/c1-4-12(13(5-2)15-3)10-6-8-11(14)9-7-10/h6-9,12-13,15H,4-5H2,1-3H3. The van der Waals surface area contributed by atoms with Crippen molar-refractivity contribution in [3.8, 4) is 0 Å². The van der Waals surface area contributed by atoms with E-state index >= 15 is 0 Å². The lowest BCUT2D eigenvalue weighted by Crippen LogP contribution is -2.31. The van der Waals surface area contributed by atoms with Crippen LogP contribution in [0.15, 0.2) is 24.3 Å². The Labute approximate surface area is 97.8 Å². The first kappa shape index (κ1) is 12.5. The van der Waals surface area contributed by atoms with Gasteiger partial charge in [-0.25, -0.2) is 0 Å². The average molecular weight is 226 g/mol. The van der Waals surface area contributed by atoms with E-state index in [1.807, 2.05) is 19.2 Å². The first-order chi connectivity index (χ1) is 7.22. The number of hydrogen-bond acceptors (Lipinski definition) is 1. The maximum Gasteiger partial charge on any atom is 0.0406 e. The Morgan fingerprint density at radius 3 is 2.13 bits per heavy atom. The quantitative estimate of drug-likeness (QED) is 0.803. The Morgan fingerprint density at radius 2 is 1.73 bits per heavy atom. The van der Waals surface area contributed by atoms with Crippen molar-refractivity contribution in [1.82, 2.24) is 5.32 Å². The fourth-order valence-electron chi connectivity index (χ4n) is 2.15. The largest absolute Gasteiger partial charge is 0.316 e. The van der Waals surface area contributed by atoms with Crippen LogP contribution in [0.3, 0.4) is 0 Å². The topological polar surface area (TPSA) is 12.0 Å². The number of halogens is 1. The van der Waals surface area contributed by atoms with Crippen LogP contribution in [0.25, 0.3) is 0 Å². The first-order valence-electron chi connectivity index (χ1n) is 5.65. The third-order valence-electron chi connectivity index (χ3n) is 3.03. The summed E-state index contributed by atoms with van der Waals surface area (Å²) in [5.74, 6) is 0.581. The summed E-state index contributed by atoms with van der Waals surface area (Å²) < 4.78 is 0. The van der Waals surface area contributed by atoms with E-state index in [9.17, 15) is 0 Å². The lowest BCUT2D eigenvalue weighted by atomic mass is 9.88. The molecule has 0 radical (unpaired) electrons. The van der Waals surface area contributed by atoms with E-state index in [1.54, 1.807) is 0 Å². The van der Waals surface area contributed by atoms with Crippen molar-refractivity contribution in [2.45, 2.75) is 38.6 Å². The summed E-state index contributed by atoms with van der Waals surface area (Å²) in [5, 5.41) is 4.19. The molecule has 0 aliphatic rings. The van der Waals surface area contributed by atoms with Gasteiger partial charge in [0.2, 0.25) is 0 Å². The van der Waals surface area contributed by atoms with E-state index < -0.39 is 0 Å². The lowest BCUT2D eigenvalue weighted by Gasteiger charge is -2.25. The van der Waals surface area contributed by atoms with Crippen LogP contribution in [0, 0.1) is 0 Å². The molecular formula is C13H20ClN. The molecule has 84 valence electrons. The Bertz CT molecular complexity index is 277. The maximum absolute atomic E-state index is 5.89. The first-order valence-corrected chi connectivity index (χ1v) is 6.03. The lowest BCUT2D eigenvalue weighted by molar-refractivity contribution is 0.440.